The molecule has 0 atom stereocenters. The van der Waals surface area contributed by atoms with Gasteiger partial charge in [0.05, 0.1) is 17.4 Å². The normalized spacial score (nSPS) is 10.0. The Kier molecular flexibility index (Phi) is 5.50. The van der Waals surface area contributed by atoms with Crippen LogP contribution in [0.1, 0.15) is 11.1 Å². The number of amides is 1. The highest BCUT2D eigenvalue weighted by Gasteiger charge is 2.12. The highest BCUT2D eigenvalue weighted by molar-refractivity contribution is 7.99. The topological polar surface area (TPSA) is 52.9 Å². The Balaban J connectivity index is 1.90. The molecule has 2 aromatic rings. The quantitative estimate of drug-likeness (QED) is 0.914. The van der Waals surface area contributed by atoms with Gasteiger partial charge >= 0.3 is 0 Å². The van der Waals surface area contributed by atoms with Gasteiger partial charge in [0.15, 0.2) is 0 Å². The maximum Gasteiger partial charge on any atom is 0.234 e. The van der Waals surface area contributed by atoms with Crippen LogP contribution >= 0.6 is 11.8 Å². The van der Waals surface area contributed by atoms with E-state index in [0.29, 0.717) is 11.3 Å². The molecule has 0 spiro atoms. The molecular formula is C16H12F2N2OS. The van der Waals surface area contributed by atoms with Crippen LogP contribution in [0.4, 0.5) is 14.5 Å². The van der Waals surface area contributed by atoms with E-state index in [1.54, 1.807) is 18.2 Å². The third-order valence-electron chi connectivity index (χ3n) is 2.86. The van der Waals surface area contributed by atoms with Crippen LogP contribution in [0, 0.1) is 23.0 Å². The smallest absolute Gasteiger partial charge is 0.234 e. The average Bonchev–Trinajstić information content (AvgIpc) is 2.51. The lowest BCUT2D eigenvalue weighted by Crippen LogP contribution is -2.16. The second-order valence-corrected chi connectivity index (χ2v) is 5.39. The molecule has 0 aliphatic rings. The Morgan fingerprint density at radius 2 is 1.82 bits per heavy atom. The number of thioether (sulfide) groups is 1. The lowest BCUT2D eigenvalue weighted by Gasteiger charge is -2.07. The van der Waals surface area contributed by atoms with Crippen LogP contribution < -0.4 is 5.32 Å². The molecule has 0 unspecified atom stereocenters. The summed E-state index contributed by atoms with van der Waals surface area (Å²) in [6, 6.07) is 12.5. The molecule has 0 heterocycles. The molecule has 0 bridgehead atoms. The van der Waals surface area contributed by atoms with Crippen LogP contribution in [0.2, 0.25) is 0 Å². The summed E-state index contributed by atoms with van der Waals surface area (Å²) >= 11 is 1.27. The van der Waals surface area contributed by atoms with Crippen LogP contribution in [0.15, 0.2) is 42.5 Å². The zero-order chi connectivity index (χ0) is 15.9. The maximum absolute atomic E-state index is 13.4. The Labute approximate surface area is 131 Å². The highest BCUT2D eigenvalue weighted by Crippen LogP contribution is 2.19. The number of para-hydroxylation sites is 1. The number of carbonyl (C=O) groups excluding carboxylic acids is 1. The second-order valence-electron chi connectivity index (χ2n) is 4.41. The van der Waals surface area contributed by atoms with Crippen LogP contribution in [0.3, 0.4) is 0 Å². The summed E-state index contributed by atoms with van der Waals surface area (Å²) in [7, 11) is 0. The van der Waals surface area contributed by atoms with Gasteiger partial charge in [-0.15, -0.1) is 11.8 Å². The van der Waals surface area contributed by atoms with Gasteiger partial charge in [0.25, 0.3) is 0 Å². The summed E-state index contributed by atoms with van der Waals surface area (Å²) in [5.74, 6) is -1.62. The SMILES string of the molecule is N#Cc1ccccc1CSCC(=O)Nc1c(F)cccc1F. The molecule has 0 fully saturated rings. The van der Waals surface area contributed by atoms with E-state index in [0.717, 1.165) is 17.7 Å². The first-order valence-corrected chi connectivity index (χ1v) is 7.57. The zero-order valence-electron chi connectivity index (χ0n) is 11.5. The molecule has 112 valence electrons. The van der Waals surface area contributed by atoms with Crippen LogP contribution in [-0.2, 0) is 10.5 Å². The molecule has 2 rings (SSSR count). The minimum Gasteiger partial charge on any atom is -0.320 e. The molecule has 6 heteroatoms. The first kappa shape index (κ1) is 16.0. The van der Waals surface area contributed by atoms with Crippen molar-refractivity contribution >= 4 is 23.4 Å². The maximum atomic E-state index is 13.4. The van der Waals surface area contributed by atoms with E-state index < -0.39 is 23.2 Å². The van der Waals surface area contributed by atoms with E-state index in [1.165, 1.54) is 17.8 Å². The Hall–Kier alpha value is -2.39. The number of carbonyl (C=O) groups is 1. The number of hydrogen-bond donors (Lipinski definition) is 1. The van der Waals surface area contributed by atoms with Gasteiger partial charge in [-0.1, -0.05) is 24.3 Å². The van der Waals surface area contributed by atoms with E-state index in [4.69, 9.17) is 5.26 Å². The van der Waals surface area contributed by atoms with Crippen LogP contribution in [0.25, 0.3) is 0 Å². The average molecular weight is 318 g/mol. The summed E-state index contributed by atoms with van der Waals surface area (Å²) in [4.78, 5) is 11.7. The van der Waals surface area contributed by atoms with Crippen LogP contribution in [0.5, 0.6) is 0 Å². The van der Waals surface area contributed by atoms with E-state index in [9.17, 15) is 13.6 Å². The summed E-state index contributed by atoms with van der Waals surface area (Å²) in [6.45, 7) is 0. The molecule has 0 aromatic heterocycles. The van der Waals surface area contributed by atoms with Crippen molar-refractivity contribution in [3.63, 3.8) is 0 Å². The number of anilines is 1. The van der Waals surface area contributed by atoms with Crippen molar-refractivity contribution < 1.29 is 13.6 Å². The first-order chi connectivity index (χ1) is 10.6. The molecule has 0 aliphatic heterocycles. The number of nitrogens with zero attached hydrogens (tertiary/aromatic N) is 1. The minimum absolute atomic E-state index is 0.0353. The molecule has 22 heavy (non-hydrogen) atoms. The molecule has 2 aromatic carbocycles. The van der Waals surface area contributed by atoms with Gasteiger partial charge < -0.3 is 5.32 Å². The Bertz CT molecular complexity index is 708. The lowest BCUT2D eigenvalue weighted by atomic mass is 10.1. The van der Waals surface area contributed by atoms with E-state index in [2.05, 4.69) is 11.4 Å². The molecule has 0 radical (unpaired) electrons. The summed E-state index contributed by atoms with van der Waals surface area (Å²) < 4.78 is 26.8. The molecule has 1 amide bonds. The van der Waals surface area contributed by atoms with Crippen molar-refractivity contribution in [2.45, 2.75) is 5.75 Å². The van der Waals surface area contributed by atoms with Gasteiger partial charge in [-0.05, 0) is 23.8 Å². The second kappa shape index (κ2) is 7.57. The van der Waals surface area contributed by atoms with Gasteiger partial charge in [-0.2, -0.15) is 5.26 Å². The fraction of sp³-hybridized carbons (Fsp3) is 0.125. The minimum atomic E-state index is -0.812. The number of halogens is 2. The standard InChI is InChI=1S/C16H12F2N2OS/c17-13-6-3-7-14(18)16(13)20-15(21)10-22-9-12-5-2-1-4-11(12)8-19/h1-7H,9-10H2,(H,20,21). The Morgan fingerprint density at radius 1 is 1.14 bits per heavy atom. The molecular weight excluding hydrogens is 306 g/mol. The predicted molar refractivity (Wildman–Crippen MR) is 82.3 cm³/mol. The van der Waals surface area contributed by atoms with Crippen molar-refractivity contribution in [2.75, 3.05) is 11.1 Å². The number of benzene rings is 2. The highest BCUT2D eigenvalue weighted by atomic mass is 32.2. The summed E-state index contributed by atoms with van der Waals surface area (Å²) in [5.41, 5.74) is 0.931. The number of nitriles is 1. The molecule has 1 N–H and O–H groups in total. The summed E-state index contributed by atoms with van der Waals surface area (Å²) in [6.07, 6.45) is 0. The number of rotatable bonds is 5. The van der Waals surface area contributed by atoms with Crippen molar-refractivity contribution in [1.82, 2.24) is 0 Å². The third-order valence-corrected chi connectivity index (χ3v) is 3.84. The molecule has 3 nitrogen and oxygen atoms in total. The first-order valence-electron chi connectivity index (χ1n) is 6.41. The monoisotopic (exact) mass is 318 g/mol. The predicted octanol–water partition coefficient (Wildman–Crippen LogP) is 3.71. The molecule has 0 aliphatic carbocycles. The van der Waals surface area contributed by atoms with E-state index >= 15 is 0 Å². The van der Waals surface area contributed by atoms with Gasteiger partial charge in [-0.25, -0.2) is 8.78 Å². The van der Waals surface area contributed by atoms with E-state index in [-0.39, 0.29) is 5.75 Å². The van der Waals surface area contributed by atoms with E-state index in [1.807, 2.05) is 6.07 Å². The fourth-order valence-corrected chi connectivity index (χ4v) is 2.63. The van der Waals surface area contributed by atoms with Gasteiger partial charge in [-0.3, -0.25) is 4.79 Å². The van der Waals surface area contributed by atoms with Crippen molar-refractivity contribution in [3.05, 3.63) is 65.2 Å². The van der Waals surface area contributed by atoms with Crippen molar-refractivity contribution in [3.8, 4) is 6.07 Å². The van der Waals surface area contributed by atoms with Gasteiger partial charge in [0.1, 0.15) is 17.3 Å². The van der Waals surface area contributed by atoms with Gasteiger partial charge in [0.2, 0.25) is 5.91 Å². The molecule has 0 saturated carbocycles. The number of hydrogen-bond acceptors (Lipinski definition) is 3. The van der Waals surface area contributed by atoms with Crippen molar-refractivity contribution in [2.24, 2.45) is 0 Å². The Morgan fingerprint density at radius 3 is 2.50 bits per heavy atom. The zero-order valence-corrected chi connectivity index (χ0v) is 12.3. The van der Waals surface area contributed by atoms with Crippen molar-refractivity contribution in [1.29, 1.82) is 5.26 Å². The number of nitrogens with one attached hydrogen (secondary N) is 1. The van der Waals surface area contributed by atoms with Gasteiger partial charge in [0, 0.05) is 5.75 Å². The fourth-order valence-electron chi connectivity index (χ4n) is 1.80. The third kappa shape index (κ3) is 4.06. The summed E-state index contributed by atoms with van der Waals surface area (Å²) in [5, 5.41) is 11.2. The molecule has 0 saturated heterocycles. The largest absolute Gasteiger partial charge is 0.320 e. The van der Waals surface area contributed by atoms with Crippen LogP contribution in [-0.4, -0.2) is 11.7 Å². The lowest BCUT2D eigenvalue weighted by molar-refractivity contribution is -0.113.